The highest BCUT2D eigenvalue weighted by atomic mass is 35.5. The highest BCUT2D eigenvalue weighted by molar-refractivity contribution is 7.15. The van der Waals surface area contributed by atoms with E-state index in [0.29, 0.717) is 6.04 Å². The van der Waals surface area contributed by atoms with Crippen LogP contribution in [0.15, 0.2) is 54.2 Å². The van der Waals surface area contributed by atoms with Gasteiger partial charge in [-0.05, 0) is 44.2 Å². The molecule has 30 heavy (non-hydrogen) atoms. The third-order valence-electron chi connectivity index (χ3n) is 5.65. The number of hydrogen-bond donors (Lipinski definition) is 0. The zero-order valence-corrected chi connectivity index (χ0v) is 18.4. The van der Waals surface area contributed by atoms with E-state index in [4.69, 9.17) is 16.6 Å². The summed E-state index contributed by atoms with van der Waals surface area (Å²) in [7, 11) is 2.19. The summed E-state index contributed by atoms with van der Waals surface area (Å²) in [6.07, 6.45) is 6.19. The minimum atomic E-state index is 0.441. The van der Waals surface area contributed by atoms with Gasteiger partial charge in [0.1, 0.15) is 0 Å². The Morgan fingerprint density at radius 3 is 2.90 bits per heavy atom. The second-order valence-corrected chi connectivity index (χ2v) is 9.05. The van der Waals surface area contributed by atoms with Crippen LogP contribution < -0.4 is 4.90 Å². The molecule has 0 radical (unpaired) electrons. The number of hydrogen-bond acceptors (Lipinski definition) is 6. The molecular weight excluding hydrogens is 416 g/mol. The van der Waals surface area contributed by atoms with E-state index in [0.717, 1.165) is 46.7 Å². The lowest BCUT2D eigenvalue weighted by atomic mass is 10.1. The van der Waals surface area contributed by atoms with Gasteiger partial charge in [0, 0.05) is 54.0 Å². The van der Waals surface area contributed by atoms with Crippen LogP contribution in [0.3, 0.4) is 0 Å². The van der Waals surface area contributed by atoms with Gasteiger partial charge in [-0.25, -0.2) is 4.98 Å². The van der Waals surface area contributed by atoms with Crippen molar-refractivity contribution in [1.82, 2.24) is 24.5 Å². The number of likely N-dealkylation sites (N-methyl/N-ethyl adjacent to an activating group) is 1. The Hall–Kier alpha value is -2.48. The number of anilines is 1. The first-order chi connectivity index (χ1) is 14.7. The number of thiazole rings is 1. The van der Waals surface area contributed by atoms with Gasteiger partial charge in [-0.3, -0.25) is 9.30 Å². The van der Waals surface area contributed by atoms with Gasteiger partial charge in [0.15, 0.2) is 10.8 Å². The van der Waals surface area contributed by atoms with Gasteiger partial charge in [0.05, 0.1) is 11.4 Å². The maximum absolute atomic E-state index is 6.09. The molecule has 1 aromatic carbocycles. The maximum atomic E-state index is 6.09. The van der Waals surface area contributed by atoms with Gasteiger partial charge in [-0.15, -0.1) is 16.4 Å². The summed E-state index contributed by atoms with van der Waals surface area (Å²) in [5.41, 5.74) is 3.34. The van der Waals surface area contributed by atoms with Crippen LogP contribution in [0, 0.1) is 0 Å². The number of aromatic nitrogens is 4. The molecule has 6 nitrogen and oxygen atoms in total. The molecule has 154 valence electrons. The Kier molecular flexibility index (Phi) is 5.41. The Balaban J connectivity index is 1.38. The first-order valence-electron chi connectivity index (χ1n) is 10.1. The summed E-state index contributed by atoms with van der Waals surface area (Å²) in [4.78, 5) is 10.7. The highest BCUT2D eigenvalue weighted by Gasteiger charge is 2.27. The summed E-state index contributed by atoms with van der Waals surface area (Å²) in [5, 5.41) is 11.2. The summed E-state index contributed by atoms with van der Waals surface area (Å²) in [6.45, 7) is 2.82. The number of imidazole rings is 1. The lowest BCUT2D eigenvalue weighted by Gasteiger charge is -2.29. The summed E-state index contributed by atoms with van der Waals surface area (Å²) < 4.78 is 2.21. The summed E-state index contributed by atoms with van der Waals surface area (Å²) in [6, 6.07) is 12.4. The zero-order chi connectivity index (χ0) is 20.5. The fraction of sp³-hybridized carbons (Fsp3) is 0.318. The van der Waals surface area contributed by atoms with Crippen molar-refractivity contribution in [1.29, 1.82) is 0 Å². The molecule has 0 spiro atoms. The SMILES string of the molecule is CN(Cc1c(-c2ccc(Cl)cc2)nc2sccn12)CC1CCCN1c1cccnn1. The van der Waals surface area contributed by atoms with Crippen LogP contribution in [0.5, 0.6) is 0 Å². The average Bonchev–Trinajstić information content (AvgIpc) is 3.47. The van der Waals surface area contributed by atoms with E-state index < -0.39 is 0 Å². The molecule has 3 aromatic heterocycles. The van der Waals surface area contributed by atoms with Crippen molar-refractivity contribution in [2.24, 2.45) is 0 Å². The Morgan fingerprint density at radius 2 is 2.10 bits per heavy atom. The Bertz CT molecular complexity index is 1120. The lowest BCUT2D eigenvalue weighted by Crippen LogP contribution is -2.39. The predicted molar refractivity (Wildman–Crippen MR) is 122 cm³/mol. The second kappa shape index (κ2) is 8.34. The molecule has 0 aliphatic carbocycles. The van der Waals surface area contributed by atoms with Crippen molar-refractivity contribution in [3.63, 3.8) is 0 Å². The maximum Gasteiger partial charge on any atom is 0.194 e. The molecule has 1 unspecified atom stereocenters. The van der Waals surface area contributed by atoms with Crippen molar-refractivity contribution in [3.8, 4) is 11.3 Å². The van der Waals surface area contributed by atoms with E-state index in [-0.39, 0.29) is 0 Å². The molecule has 8 heteroatoms. The van der Waals surface area contributed by atoms with Crippen LogP contribution in [0.4, 0.5) is 5.82 Å². The molecule has 0 amide bonds. The number of fused-ring (bicyclic) bond motifs is 1. The quantitative estimate of drug-likeness (QED) is 0.440. The van der Waals surface area contributed by atoms with Crippen molar-refractivity contribution in [2.75, 3.05) is 25.0 Å². The van der Waals surface area contributed by atoms with Gasteiger partial charge in [-0.2, -0.15) is 5.10 Å². The monoisotopic (exact) mass is 438 g/mol. The molecule has 1 saturated heterocycles. The van der Waals surface area contributed by atoms with E-state index in [1.54, 1.807) is 17.5 Å². The molecule has 0 bridgehead atoms. The molecule has 1 fully saturated rings. The van der Waals surface area contributed by atoms with Crippen LogP contribution in [0.25, 0.3) is 16.2 Å². The first kappa shape index (κ1) is 19.5. The molecule has 0 N–H and O–H groups in total. The summed E-state index contributed by atoms with van der Waals surface area (Å²) in [5.74, 6) is 0.972. The minimum absolute atomic E-state index is 0.441. The average molecular weight is 439 g/mol. The largest absolute Gasteiger partial charge is 0.351 e. The molecular formula is C22H23ClN6S. The van der Waals surface area contributed by atoms with Gasteiger partial charge >= 0.3 is 0 Å². The molecule has 1 aliphatic rings. The van der Waals surface area contributed by atoms with Crippen LogP contribution in [0.2, 0.25) is 5.02 Å². The van der Waals surface area contributed by atoms with Crippen molar-refractivity contribution < 1.29 is 0 Å². The zero-order valence-electron chi connectivity index (χ0n) is 16.8. The number of halogens is 1. The van der Waals surface area contributed by atoms with Gasteiger partial charge in [0.25, 0.3) is 0 Å². The van der Waals surface area contributed by atoms with E-state index >= 15 is 0 Å². The van der Waals surface area contributed by atoms with Crippen molar-refractivity contribution in [3.05, 3.63) is 64.9 Å². The fourth-order valence-corrected chi connectivity index (χ4v) is 5.14. The van der Waals surface area contributed by atoms with E-state index in [1.165, 1.54) is 18.5 Å². The standard InChI is InChI=1S/C22H23ClN6S/c1-27(14-18-4-3-11-28(18)20-5-2-10-24-26-20)15-19-21(16-6-8-17(23)9-7-16)25-22-29(19)12-13-30-22/h2,5-10,12-13,18H,3-4,11,14-15H2,1H3. The predicted octanol–water partition coefficient (Wildman–Crippen LogP) is 4.61. The van der Waals surface area contributed by atoms with Crippen LogP contribution in [-0.2, 0) is 6.54 Å². The number of rotatable bonds is 6. The van der Waals surface area contributed by atoms with Gasteiger partial charge < -0.3 is 4.90 Å². The normalized spacial score (nSPS) is 16.8. The molecule has 4 heterocycles. The van der Waals surface area contributed by atoms with E-state index in [9.17, 15) is 0 Å². The van der Waals surface area contributed by atoms with Gasteiger partial charge in [0.2, 0.25) is 0 Å². The molecule has 1 aliphatic heterocycles. The van der Waals surface area contributed by atoms with Gasteiger partial charge in [-0.1, -0.05) is 23.7 Å². The highest BCUT2D eigenvalue weighted by Crippen LogP contribution is 2.29. The van der Waals surface area contributed by atoms with Crippen LogP contribution in [0.1, 0.15) is 18.5 Å². The van der Waals surface area contributed by atoms with Crippen molar-refractivity contribution in [2.45, 2.75) is 25.4 Å². The van der Waals surface area contributed by atoms with E-state index in [2.05, 4.69) is 49.1 Å². The number of benzene rings is 1. The number of nitrogens with zero attached hydrogens (tertiary/aromatic N) is 6. The van der Waals surface area contributed by atoms with Crippen molar-refractivity contribution >= 4 is 33.7 Å². The first-order valence-corrected chi connectivity index (χ1v) is 11.4. The fourth-order valence-electron chi connectivity index (χ4n) is 4.28. The lowest BCUT2D eigenvalue weighted by molar-refractivity contribution is 0.299. The van der Waals surface area contributed by atoms with E-state index in [1.807, 2.05) is 30.3 Å². The third kappa shape index (κ3) is 3.80. The van der Waals surface area contributed by atoms with Crippen LogP contribution in [-0.4, -0.2) is 50.7 Å². The van der Waals surface area contributed by atoms with Crippen LogP contribution >= 0.6 is 22.9 Å². The Morgan fingerprint density at radius 1 is 1.23 bits per heavy atom. The minimum Gasteiger partial charge on any atom is -0.351 e. The molecule has 1 atom stereocenters. The third-order valence-corrected chi connectivity index (χ3v) is 6.66. The topological polar surface area (TPSA) is 49.6 Å². The molecule has 5 rings (SSSR count). The smallest absolute Gasteiger partial charge is 0.194 e. The Labute approximate surface area is 184 Å². The second-order valence-electron chi connectivity index (χ2n) is 7.74. The molecule has 0 saturated carbocycles. The summed E-state index contributed by atoms with van der Waals surface area (Å²) >= 11 is 7.76. The molecule has 4 aromatic rings.